The highest BCUT2D eigenvalue weighted by Crippen LogP contribution is 2.25. The number of carbonyl (C=O) groups excluding carboxylic acids is 3. The molecule has 0 aromatic heterocycles. The zero-order chi connectivity index (χ0) is 18.8. The fourth-order valence-electron chi connectivity index (χ4n) is 3.10. The molecule has 0 spiro atoms. The number of amides is 3. The van der Waals surface area contributed by atoms with Gasteiger partial charge < -0.3 is 0 Å². The zero-order valence-electron chi connectivity index (χ0n) is 14.5. The van der Waals surface area contributed by atoms with E-state index < -0.39 is 11.8 Å². The molecule has 0 radical (unpaired) electrons. The van der Waals surface area contributed by atoms with Crippen molar-refractivity contribution in [3.8, 4) is 0 Å². The summed E-state index contributed by atoms with van der Waals surface area (Å²) in [6.45, 7) is 0.251. The number of para-hydroxylation sites is 1. The van der Waals surface area contributed by atoms with Crippen LogP contribution in [0.5, 0.6) is 0 Å². The molecule has 3 amide bonds. The Hall–Kier alpha value is -2.93. The summed E-state index contributed by atoms with van der Waals surface area (Å²) < 4.78 is 0. The number of amidine groups is 1. The summed E-state index contributed by atoms with van der Waals surface area (Å²) in [6, 6.07) is 16.1. The lowest BCUT2D eigenvalue weighted by molar-refractivity contribution is -0.127. The third kappa shape index (κ3) is 3.38. The maximum absolute atomic E-state index is 12.9. The summed E-state index contributed by atoms with van der Waals surface area (Å²) in [5, 5.41) is 0.606. The van der Waals surface area contributed by atoms with Crippen molar-refractivity contribution < 1.29 is 14.4 Å². The molecular weight excluding hydrogens is 362 g/mol. The van der Waals surface area contributed by atoms with Crippen LogP contribution in [0.25, 0.3) is 0 Å². The average Bonchev–Trinajstić information content (AvgIpc) is 2.94. The van der Waals surface area contributed by atoms with E-state index in [0.29, 0.717) is 22.8 Å². The molecule has 2 aliphatic heterocycles. The highest BCUT2D eigenvalue weighted by atomic mass is 32.2. The predicted molar refractivity (Wildman–Crippen MR) is 104 cm³/mol. The fraction of sp³-hybridized carbons (Fsp3) is 0.200. The predicted octanol–water partition coefficient (Wildman–Crippen LogP) is 2.94. The molecule has 0 saturated carbocycles. The number of aliphatic imine (C=N–C) groups is 1. The quantitative estimate of drug-likeness (QED) is 0.769. The number of fused-ring (bicyclic) bond motifs is 1. The number of nitrogens with zero attached hydrogens (tertiary/aromatic N) is 3. The summed E-state index contributed by atoms with van der Waals surface area (Å²) in [5.41, 5.74) is 1.46. The van der Waals surface area contributed by atoms with E-state index in [1.165, 1.54) is 11.8 Å². The minimum atomic E-state index is -0.421. The first-order valence-electron chi connectivity index (χ1n) is 8.67. The number of benzene rings is 2. The van der Waals surface area contributed by atoms with Gasteiger partial charge in [-0.2, -0.15) is 0 Å². The second kappa shape index (κ2) is 7.36. The van der Waals surface area contributed by atoms with Crippen molar-refractivity contribution in [1.29, 1.82) is 0 Å². The van der Waals surface area contributed by atoms with Gasteiger partial charge in [0.2, 0.25) is 5.91 Å². The van der Waals surface area contributed by atoms with Gasteiger partial charge in [-0.15, -0.1) is 0 Å². The maximum atomic E-state index is 12.9. The minimum Gasteiger partial charge on any atom is -0.290 e. The van der Waals surface area contributed by atoms with Gasteiger partial charge in [0.1, 0.15) is 6.54 Å². The van der Waals surface area contributed by atoms with Crippen molar-refractivity contribution in [3.05, 3.63) is 65.7 Å². The van der Waals surface area contributed by atoms with Gasteiger partial charge >= 0.3 is 0 Å². The fourth-order valence-corrected chi connectivity index (χ4v) is 4.07. The van der Waals surface area contributed by atoms with Crippen LogP contribution in [0.3, 0.4) is 0 Å². The molecule has 0 aliphatic carbocycles. The number of thioether (sulfide) groups is 1. The minimum absolute atomic E-state index is 0.277. The lowest BCUT2D eigenvalue weighted by Crippen LogP contribution is -2.46. The van der Waals surface area contributed by atoms with E-state index in [1.54, 1.807) is 29.2 Å². The molecule has 2 aliphatic rings. The van der Waals surface area contributed by atoms with Crippen LogP contribution in [0.2, 0.25) is 0 Å². The van der Waals surface area contributed by atoms with Gasteiger partial charge in [-0.1, -0.05) is 42.1 Å². The molecule has 27 heavy (non-hydrogen) atoms. The standard InChI is InChI=1S/C20H17N3O3S/c24-17(13-23-18(25)15-9-4-5-10-16(15)19(23)26)22-11-6-12-27-20(22)21-14-7-2-1-3-8-14/h1-5,7-10H,6,11-13H2. The highest BCUT2D eigenvalue weighted by molar-refractivity contribution is 8.13. The van der Waals surface area contributed by atoms with Crippen molar-refractivity contribution in [1.82, 2.24) is 9.80 Å². The van der Waals surface area contributed by atoms with Crippen LogP contribution in [0, 0.1) is 0 Å². The van der Waals surface area contributed by atoms with Gasteiger partial charge in [-0.05, 0) is 30.7 Å². The van der Waals surface area contributed by atoms with Crippen LogP contribution < -0.4 is 0 Å². The van der Waals surface area contributed by atoms with E-state index >= 15 is 0 Å². The molecule has 1 fully saturated rings. The summed E-state index contributed by atoms with van der Waals surface area (Å²) in [7, 11) is 0. The highest BCUT2D eigenvalue weighted by Gasteiger charge is 2.37. The molecular formula is C20H17N3O3S. The Morgan fingerprint density at radius 1 is 0.963 bits per heavy atom. The van der Waals surface area contributed by atoms with Crippen molar-refractivity contribution in [2.24, 2.45) is 4.99 Å². The van der Waals surface area contributed by atoms with Gasteiger partial charge in [0.05, 0.1) is 16.8 Å². The first-order chi connectivity index (χ1) is 13.1. The van der Waals surface area contributed by atoms with Crippen LogP contribution in [0.1, 0.15) is 27.1 Å². The van der Waals surface area contributed by atoms with Crippen LogP contribution in [-0.4, -0.2) is 51.5 Å². The molecule has 0 atom stereocenters. The van der Waals surface area contributed by atoms with Gasteiger partial charge in [-0.3, -0.25) is 24.2 Å². The Bertz CT molecular complexity index is 907. The van der Waals surface area contributed by atoms with E-state index in [2.05, 4.69) is 4.99 Å². The number of carbonyl (C=O) groups is 3. The third-order valence-electron chi connectivity index (χ3n) is 4.44. The molecule has 2 aromatic rings. The molecule has 2 heterocycles. The van der Waals surface area contributed by atoms with E-state index in [0.717, 1.165) is 22.8 Å². The zero-order valence-corrected chi connectivity index (χ0v) is 15.3. The van der Waals surface area contributed by atoms with Crippen molar-refractivity contribution in [3.63, 3.8) is 0 Å². The van der Waals surface area contributed by atoms with Gasteiger partial charge in [0.25, 0.3) is 11.8 Å². The Labute approximate surface area is 160 Å². The third-order valence-corrected chi connectivity index (χ3v) is 5.50. The molecule has 0 N–H and O–H groups in total. The van der Waals surface area contributed by atoms with Crippen LogP contribution >= 0.6 is 11.8 Å². The molecule has 0 bridgehead atoms. The molecule has 136 valence electrons. The summed E-state index contributed by atoms with van der Waals surface area (Å²) in [4.78, 5) is 45.0. The first-order valence-corrected chi connectivity index (χ1v) is 9.66. The average molecular weight is 379 g/mol. The molecule has 0 unspecified atom stereocenters. The number of hydrogen-bond acceptors (Lipinski definition) is 5. The van der Waals surface area contributed by atoms with Crippen molar-refractivity contribution in [2.45, 2.75) is 6.42 Å². The molecule has 2 aromatic carbocycles. The smallest absolute Gasteiger partial charge is 0.262 e. The van der Waals surface area contributed by atoms with Crippen molar-refractivity contribution >= 4 is 40.3 Å². The van der Waals surface area contributed by atoms with E-state index in [1.807, 2.05) is 30.3 Å². The van der Waals surface area contributed by atoms with E-state index in [4.69, 9.17) is 0 Å². The molecule has 6 nitrogen and oxygen atoms in total. The van der Waals surface area contributed by atoms with E-state index in [-0.39, 0.29) is 12.5 Å². The second-order valence-corrected chi connectivity index (χ2v) is 7.28. The molecule has 4 rings (SSSR count). The summed E-state index contributed by atoms with van der Waals surface area (Å²) >= 11 is 1.51. The maximum Gasteiger partial charge on any atom is 0.262 e. The van der Waals surface area contributed by atoms with Crippen LogP contribution in [0.15, 0.2) is 59.6 Å². The number of imide groups is 1. The monoisotopic (exact) mass is 379 g/mol. The van der Waals surface area contributed by atoms with Crippen LogP contribution in [0.4, 0.5) is 5.69 Å². The lowest BCUT2D eigenvalue weighted by atomic mass is 10.1. The SMILES string of the molecule is O=C(CN1C(=O)c2ccccc2C1=O)N1CCCSC1=Nc1ccccc1. The van der Waals surface area contributed by atoms with Gasteiger partial charge in [0.15, 0.2) is 5.17 Å². The lowest BCUT2D eigenvalue weighted by Gasteiger charge is -2.29. The van der Waals surface area contributed by atoms with Gasteiger partial charge in [-0.25, -0.2) is 4.99 Å². The number of rotatable bonds is 3. The van der Waals surface area contributed by atoms with E-state index in [9.17, 15) is 14.4 Å². The second-order valence-electron chi connectivity index (χ2n) is 6.22. The van der Waals surface area contributed by atoms with Crippen molar-refractivity contribution in [2.75, 3.05) is 18.8 Å². The largest absolute Gasteiger partial charge is 0.290 e. The molecule has 7 heteroatoms. The van der Waals surface area contributed by atoms with Gasteiger partial charge in [0, 0.05) is 12.3 Å². The van der Waals surface area contributed by atoms with Crippen LogP contribution in [-0.2, 0) is 4.79 Å². The molecule has 1 saturated heterocycles. The Balaban J connectivity index is 1.54. The Morgan fingerprint density at radius 2 is 1.59 bits per heavy atom. The summed E-state index contributed by atoms with van der Waals surface area (Å²) in [5.74, 6) is -0.264. The normalized spacial score (nSPS) is 18.1. The Morgan fingerprint density at radius 3 is 2.26 bits per heavy atom. The number of hydrogen-bond donors (Lipinski definition) is 0. The first kappa shape index (κ1) is 17.5. The summed E-state index contributed by atoms with van der Waals surface area (Å²) in [6.07, 6.45) is 0.840. The topological polar surface area (TPSA) is 70.1 Å². The Kier molecular flexibility index (Phi) is 4.77.